The lowest BCUT2D eigenvalue weighted by molar-refractivity contribution is 0.111. The average molecular weight is 196 g/mol. The van der Waals surface area contributed by atoms with Crippen LogP contribution in [-0.2, 0) is 0 Å². The van der Waals surface area contributed by atoms with Crippen LogP contribution in [0.3, 0.4) is 0 Å². The summed E-state index contributed by atoms with van der Waals surface area (Å²) in [6.45, 7) is 0. The van der Waals surface area contributed by atoms with Crippen LogP contribution in [0.1, 0.15) is 10.5 Å². The highest BCUT2D eigenvalue weighted by molar-refractivity contribution is 7.20. The van der Waals surface area contributed by atoms with Crippen molar-refractivity contribution in [2.75, 3.05) is 19.0 Å². The molecule has 0 amide bonds. The van der Waals surface area contributed by atoms with E-state index in [4.69, 9.17) is 0 Å². The quantitative estimate of drug-likeness (QED) is 0.662. The monoisotopic (exact) mass is 196 g/mol. The van der Waals surface area contributed by atoms with Crippen LogP contribution in [0.25, 0.3) is 4.96 Å². The summed E-state index contributed by atoms with van der Waals surface area (Å²) in [5.74, 6) is 0. The fourth-order valence-corrected chi connectivity index (χ4v) is 1.76. The number of nitrogens with zero attached hydrogens (tertiary/aromatic N) is 4. The zero-order valence-corrected chi connectivity index (χ0v) is 8.08. The van der Waals surface area contributed by atoms with Crippen molar-refractivity contribution in [2.24, 2.45) is 0 Å². The number of imidazole rings is 1. The first kappa shape index (κ1) is 8.18. The van der Waals surface area contributed by atoms with Gasteiger partial charge >= 0.3 is 0 Å². The molecule has 2 aromatic heterocycles. The van der Waals surface area contributed by atoms with Crippen LogP contribution in [0.2, 0.25) is 0 Å². The lowest BCUT2D eigenvalue weighted by atomic mass is 10.6. The molecule has 2 heterocycles. The number of carbonyl (C=O) groups is 1. The van der Waals surface area contributed by atoms with Gasteiger partial charge < -0.3 is 4.90 Å². The van der Waals surface area contributed by atoms with Gasteiger partial charge in [-0.05, 0) is 0 Å². The van der Waals surface area contributed by atoms with Gasteiger partial charge in [0.2, 0.25) is 10.1 Å². The predicted octanol–water partition coefficient (Wildman–Crippen LogP) is 0.669. The molecule has 0 N–H and O–H groups in total. The molecule has 0 spiro atoms. The Hall–Kier alpha value is -1.43. The number of fused-ring (bicyclic) bond motifs is 1. The van der Waals surface area contributed by atoms with Gasteiger partial charge in [-0.15, -0.1) is 5.10 Å². The number of aldehydes is 1. The van der Waals surface area contributed by atoms with Crippen LogP contribution in [0, 0.1) is 0 Å². The highest BCUT2D eigenvalue weighted by atomic mass is 32.1. The zero-order chi connectivity index (χ0) is 9.42. The van der Waals surface area contributed by atoms with Crippen molar-refractivity contribution < 1.29 is 4.79 Å². The van der Waals surface area contributed by atoms with Crippen molar-refractivity contribution in [3.63, 3.8) is 0 Å². The van der Waals surface area contributed by atoms with E-state index in [0.29, 0.717) is 5.69 Å². The second kappa shape index (κ2) is 2.81. The molecular formula is C7H8N4OS. The number of anilines is 1. The molecule has 5 nitrogen and oxygen atoms in total. The van der Waals surface area contributed by atoms with Crippen LogP contribution < -0.4 is 4.90 Å². The number of hydrogen-bond acceptors (Lipinski definition) is 5. The Kier molecular flexibility index (Phi) is 1.77. The molecule has 0 fully saturated rings. The molecule has 0 unspecified atom stereocenters. The van der Waals surface area contributed by atoms with Gasteiger partial charge in [0.1, 0.15) is 5.69 Å². The minimum absolute atomic E-state index is 0.420. The maximum atomic E-state index is 10.4. The fraction of sp³-hybridized carbons (Fsp3) is 0.286. The molecule has 0 aromatic carbocycles. The standard InChI is InChI=1S/C7H8N4OS/c1-10(2)7-9-11-3-5(4-12)8-6(11)13-7/h3-4H,1-2H3. The van der Waals surface area contributed by atoms with Crippen LogP contribution in [0.15, 0.2) is 6.20 Å². The summed E-state index contributed by atoms with van der Waals surface area (Å²) in [6, 6.07) is 0. The van der Waals surface area contributed by atoms with E-state index in [1.165, 1.54) is 11.3 Å². The molecule has 0 bridgehead atoms. The Morgan fingerprint density at radius 3 is 2.92 bits per heavy atom. The first-order valence-electron chi connectivity index (χ1n) is 3.69. The van der Waals surface area contributed by atoms with Gasteiger partial charge in [0, 0.05) is 14.1 Å². The first-order chi connectivity index (χ1) is 6.20. The van der Waals surface area contributed by atoms with Gasteiger partial charge in [0.15, 0.2) is 6.29 Å². The molecule has 0 aliphatic heterocycles. The maximum Gasteiger partial charge on any atom is 0.214 e. The molecule has 2 rings (SSSR count). The second-order valence-corrected chi connectivity index (χ2v) is 3.72. The van der Waals surface area contributed by atoms with Gasteiger partial charge in [0.05, 0.1) is 6.20 Å². The highest BCUT2D eigenvalue weighted by Gasteiger charge is 2.08. The lowest BCUT2D eigenvalue weighted by Gasteiger charge is -2.03. The third-order valence-electron chi connectivity index (χ3n) is 1.55. The van der Waals surface area contributed by atoms with E-state index in [1.54, 1.807) is 10.7 Å². The van der Waals surface area contributed by atoms with Crippen LogP contribution in [0.5, 0.6) is 0 Å². The molecule has 13 heavy (non-hydrogen) atoms. The SMILES string of the molecule is CN(C)c1nn2cc(C=O)nc2s1. The van der Waals surface area contributed by atoms with Crippen molar-refractivity contribution in [3.8, 4) is 0 Å². The molecule has 0 aliphatic rings. The molecule has 0 aliphatic carbocycles. The Morgan fingerprint density at radius 2 is 2.38 bits per heavy atom. The van der Waals surface area contributed by atoms with E-state index < -0.39 is 0 Å². The topological polar surface area (TPSA) is 50.5 Å². The molecule has 6 heteroatoms. The smallest absolute Gasteiger partial charge is 0.214 e. The summed E-state index contributed by atoms with van der Waals surface area (Å²) in [4.78, 5) is 17.1. The van der Waals surface area contributed by atoms with E-state index in [9.17, 15) is 4.79 Å². The number of hydrogen-bond donors (Lipinski definition) is 0. The summed E-state index contributed by atoms with van der Waals surface area (Å²) in [5, 5.41) is 5.10. The Morgan fingerprint density at radius 1 is 1.62 bits per heavy atom. The number of rotatable bonds is 2. The average Bonchev–Trinajstić information content (AvgIpc) is 2.58. The van der Waals surface area contributed by atoms with Gasteiger partial charge in [-0.25, -0.2) is 9.50 Å². The lowest BCUT2D eigenvalue weighted by Crippen LogP contribution is -2.08. The van der Waals surface area contributed by atoms with Crippen molar-refractivity contribution in [2.45, 2.75) is 0 Å². The second-order valence-electron chi connectivity index (χ2n) is 2.79. The third-order valence-corrected chi connectivity index (χ3v) is 2.64. The van der Waals surface area contributed by atoms with E-state index in [2.05, 4.69) is 10.1 Å². The fourth-order valence-electron chi connectivity index (χ4n) is 0.944. The summed E-state index contributed by atoms with van der Waals surface area (Å²) in [5.41, 5.74) is 0.420. The number of carbonyl (C=O) groups excluding carboxylic acids is 1. The Bertz CT molecular complexity index is 413. The van der Waals surface area contributed by atoms with Gasteiger partial charge in [-0.3, -0.25) is 4.79 Å². The van der Waals surface area contributed by atoms with Crippen LogP contribution in [-0.4, -0.2) is 35.0 Å². The van der Waals surface area contributed by atoms with Gasteiger partial charge in [-0.1, -0.05) is 11.3 Å². The summed E-state index contributed by atoms with van der Waals surface area (Å²) < 4.78 is 1.61. The summed E-state index contributed by atoms with van der Waals surface area (Å²) >= 11 is 1.45. The van der Waals surface area contributed by atoms with Crippen LogP contribution in [0.4, 0.5) is 5.13 Å². The molecule has 0 saturated heterocycles. The molecule has 0 saturated carbocycles. The van der Waals surface area contributed by atoms with Crippen molar-refractivity contribution in [1.82, 2.24) is 14.6 Å². The Balaban J connectivity index is 2.54. The maximum absolute atomic E-state index is 10.4. The van der Waals surface area contributed by atoms with Crippen molar-refractivity contribution in [1.29, 1.82) is 0 Å². The minimum atomic E-state index is 0.420. The van der Waals surface area contributed by atoms with Crippen LogP contribution >= 0.6 is 11.3 Å². The minimum Gasteiger partial charge on any atom is -0.353 e. The van der Waals surface area contributed by atoms with Gasteiger partial charge in [-0.2, -0.15) is 0 Å². The van der Waals surface area contributed by atoms with Gasteiger partial charge in [0.25, 0.3) is 0 Å². The van der Waals surface area contributed by atoms with E-state index in [-0.39, 0.29) is 0 Å². The molecule has 2 aromatic rings. The zero-order valence-electron chi connectivity index (χ0n) is 7.26. The molecular weight excluding hydrogens is 188 g/mol. The van der Waals surface area contributed by atoms with E-state index in [1.807, 2.05) is 19.0 Å². The Labute approximate surface area is 78.6 Å². The molecule has 0 radical (unpaired) electrons. The summed E-state index contributed by atoms with van der Waals surface area (Å²) in [6.07, 6.45) is 2.34. The first-order valence-corrected chi connectivity index (χ1v) is 4.51. The van der Waals surface area contributed by atoms with Crippen molar-refractivity contribution >= 4 is 27.7 Å². The number of aromatic nitrogens is 3. The normalized spacial score (nSPS) is 10.6. The third kappa shape index (κ3) is 1.29. The molecule has 68 valence electrons. The largest absolute Gasteiger partial charge is 0.353 e. The predicted molar refractivity (Wildman–Crippen MR) is 50.6 cm³/mol. The van der Waals surface area contributed by atoms with Crippen molar-refractivity contribution in [3.05, 3.63) is 11.9 Å². The van der Waals surface area contributed by atoms with E-state index in [0.717, 1.165) is 16.4 Å². The molecule has 0 atom stereocenters. The van der Waals surface area contributed by atoms with E-state index >= 15 is 0 Å². The highest BCUT2D eigenvalue weighted by Crippen LogP contribution is 2.20. The summed E-state index contributed by atoms with van der Waals surface area (Å²) in [7, 11) is 3.83.